The number of anilines is 1. The van der Waals surface area contributed by atoms with Gasteiger partial charge in [-0.2, -0.15) is 17.0 Å². The molecule has 1 heterocycles. The van der Waals surface area contributed by atoms with Crippen LogP contribution in [0.25, 0.3) is 0 Å². The Balaban J connectivity index is 2.21. The number of halogens is 1. The third-order valence-electron chi connectivity index (χ3n) is 3.69. The molecule has 124 valence electrons. The molecule has 1 saturated heterocycles. The van der Waals surface area contributed by atoms with Crippen LogP contribution in [0.2, 0.25) is 5.02 Å². The Kier molecular flexibility index (Phi) is 6.12. The van der Waals surface area contributed by atoms with Gasteiger partial charge < -0.3 is 5.32 Å². The average Bonchev–Trinajstić information content (AvgIpc) is 2.75. The van der Waals surface area contributed by atoms with Gasteiger partial charge in [-0.3, -0.25) is 4.90 Å². The number of rotatable bonds is 4. The lowest BCUT2D eigenvalue weighted by Gasteiger charge is -2.28. The number of benzene rings is 1. The number of hydrogen-bond acceptors (Lipinski definition) is 4. The summed E-state index contributed by atoms with van der Waals surface area (Å²) in [5, 5.41) is 13.0. The molecule has 1 aromatic rings. The van der Waals surface area contributed by atoms with Crippen LogP contribution in [0.15, 0.2) is 24.3 Å². The number of nitrogens with zero attached hydrogens (tertiary/aromatic N) is 2. The van der Waals surface area contributed by atoms with E-state index in [-0.39, 0.29) is 16.2 Å². The maximum absolute atomic E-state index is 12.8. The predicted octanol–water partition coefficient (Wildman–Crippen LogP) is 4.67. The van der Waals surface area contributed by atoms with Gasteiger partial charge in [0.1, 0.15) is 6.04 Å². The Morgan fingerprint density at radius 1 is 1.57 bits per heavy atom. The van der Waals surface area contributed by atoms with Gasteiger partial charge in [-0.1, -0.05) is 17.7 Å². The molecule has 1 N–H and O–H groups in total. The summed E-state index contributed by atoms with van der Waals surface area (Å²) in [6, 6.07) is 8.62. The summed E-state index contributed by atoms with van der Waals surface area (Å²) in [4.78, 5) is 14.4. The van der Waals surface area contributed by atoms with Crippen molar-refractivity contribution in [2.24, 2.45) is 0 Å². The minimum Gasteiger partial charge on any atom is -0.308 e. The minimum atomic E-state index is -0.460. The van der Waals surface area contributed by atoms with Crippen molar-refractivity contribution < 1.29 is 4.79 Å². The van der Waals surface area contributed by atoms with Gasteiger partial charge in [0.15, 0.2) is 0 Å². The SMILES string of the molecule is CSCCC1SC(C)(C)C(C#N)N1C(=O)Nc1cccc(Cl)c1. The van der Waals surface area contributed by atoms with E-state index in [0.29, 0.717) is 10.7 Å². The van der Waals surface area contributed by atoms with Crippen molar-refractivity contribution in [1.29, 1.82) is 5.26 Å². The standard InChI is InChI=1S/C16H20ClN3OS2/c1-16(2)13(10-18)20(14(23-16)7-8-22-3)15(21)19-12-6-4-5-11(17)9-12/h4-6,9,13-14H,7-8H2,1-3H3,(H,19,21). The van der Waals surface area contributed by atoms with E-state index in [1.165, 1.54) is 0 Å². The van der Waals surface area contributed by atoms with Gasteiger partial charge in [0.2, 0.25) is 0 Å². The third-order valence-corrected chi connectivity index (χ3v) is 6.13. The average molecular weight is 370 g/mol. The van der Waals surface area contributed by atoms with Gasteiger partial charge in [0.25, 0.3) is 0 Å². The summed E-state index contributed by atoms with van der Waals surface area (Å²) in [5.41, 5.74) is 0.637. The predicted molar refractivity (Wildman–Crippen MR) is 100 cm³/mol. The number of thioether (sulfide) groups is 2. The van der Waals surface area contributed by atoms with Gasteiger partial charge >= 0.3 is 6.03 Å². The lowest BCUT2D eigenvalue weighted by Crippen LogP contribution is -2.47. The quantitative estimate of drug-likeness (QED) is 0.837. The highest BCUT2D eigenvalue weighted by atomic mass is 35.5. The molecule has 1 aliphatic heterocycles. The molecule has 2 atom stereocenters. The monoisotopic (exact) mass is 369 g/mol. The molecule has 0 bridgehead atoms. The van der Waals surface area contributed by atoms with Crippen molar-refractivity contribution in [2.75, 3.05) is 17.3 Å². The molecule has 4 nitrogen and oxygen atoms in total. The van der Waals surface area contributed by atoms with Crippen LogP contribution in [-0.2, 0) is 0 Å². The summed E-state index contributed by atoms with van der Waals surface area (Å²) in [6.07, 6.45) is 2.90. The van der Waals surface area contributed by atoms with Crippen LogP contribution in [-0.4, -0.2) is 39.1 Å². The number of nitrogens with one attached hydrogen (secondary N) is 1. The molecule has 0 saturated carbocycles. The van der Waals surface area contributed by atoms with Crippen molar-refractivity contribution in [3.8, 4) is 6.07 Å². The van der Waals surface area contributed by atoms with Crippen LogP contribution in [0.5, 0.6) is 0 Å². The van der Waals surface area contributed by atoms with E-state index >= 15 is 0 Å². The number of carbonyl (C=O) groups excluding carboxylic acids is 1. The Hall–Kier alpha value is -1.03. The molecule has 7 heteroatoms. The number of amides is 2. The highest BCUT2D eigenvalue weighted by molar-refractivity contribution is 8.01. The molecular formula is C16H20ClN3OS2. The first-order valence-electron chi connectivity index (χ1n) is 7.30. The van der Waals surface area contributed by atoms with Crippen LogP contribution in [0.3, 0.4) is 0 Å². The minimum absolute atomic E-state index is 0.00119. The Morgan fingerprint density at radius 3 is 2.91 bits per heavy atom. The molecule has 0 aromatic heterocycles. The molecule has 1 fully saturated rings. The summed E-state index contributed by atoms with van der Waals surface area (Å²) < 4.78 is -0.288. The Morgan fingerprint density at radius 2 is 2.30 bits per heavy atom. The fourth-order valence-corrected chi connectivity index (χ4v) is 4.97. The van der Waals surface area contributed by atoms with E-state index in [9.17, 15) is 10.1 Å². The highest BCUT2D eigenvalue weighted by Gasteiger charge is 2.49. The molecular weight excluding hydrogens is 350 g/mol. The molecule has 2 amide bonds. The molecule has 1 aliphatic rings. The normalized spacial score (nSPS) is 22.7. The van der Waals surface area contributed by atoms with E-state index in [2.05, 4.69) is 11.4 Å². The smallest absolute Gasteiger partial charge is 0.308 e. The van der Waals surface area contributed by atoms with Gasteiger partial charge in [0.05, 0.1) is 11.4 Å². The number of urea groups is 1. The zero-order valence-corrected chi connectivity index (χ0v) is 15.8. The molecule has 0 spiro atoms. The number of nitriles is 1. The number of carbonyl (C=O) groups is 1. The fraction of sp³-hybridized carbons (Fsp3) is 0.500. The van der Waals surface area contributed by atoms with E-state index in [1.54, 1.807) is 52.7 Å². The van der Waals surface area contributed by atoms with Gasteiger partial charge in [0, 0.05) is 15.5 Å². The summed E-state index contributed by atoms with van der Waals surface area (Å²) >= 11 is 9.40. The second kappa shape index (κ2) is 7.69. The Labute approximate surface area is 150 Å². The lowest BCUT2D eigenvalue weighted by atomic mass is 10.0. The van der Waals surface area contributed by atoms with Crippen molar-refractivity contribution >= 4 is 46.8 Å². The summed E-state index contributed by atoms with van der Waals surface area (Å²) in [6.45, 7) is 4.04. The molecule has 0 radical (unpaired) electrons. The van der Waals surface area contributed by atoms with Crippen LogP contribution < -0.4 is 5.32 Å². The Bertz CT molecular complexity index is 618. The van der Waals surface area contributed by atoms with E-state index in [1.807, 2.05) is 20.1 Å². The maximum atomic E-state index is 12.8. The molecule has 2 unspecified atom stereocenters. The van der Waals surface area contributed by atoms with Gasteiger partial charge in [-0.05, 0) is 50.5 Å². The van der Waals surface area contributed by atoms with Crippen molar-refractivity contribution in [3.05, 3.63) is 29.3 Å². The van der Waals surface area contributed by atoms with Gasteiger partial charge in [-0.25, -0.2) is 4.79 Å². The second-order valence-corrected chi connectivity index (χ2v) is 9.09. The second-order valence-electron chi connectivity index (χ2n) is 5.84. The first-order valence-corrected chi connectivity index (χ1v) is 9.95. The number of hydrogen-bond donors (Lipinski definition) is 1. The lowest BCUT2D eigenvalue weighted by molar-refractivity contribution is 0.194. The molecule has 0 aliphatic carbocycles. The van der Waals surface area contributed by atoms with Crippen molar-refractivity contribution in [3.63, 3.8) is 0 Å². The van der Waals surface area contributed by atoms with Crippen molar-refractivity contribution in [2.45, 2.75) is 36.4 Å². The molecule has 2 rings (SSSR count). The zero-order valence-electron chi connectivity index (χ0n) is 13.4. The first-order chi connectivity index (χ1) is 10.9. The van der Waals surface area contributed by atoms with Crippen LogP contribution >= 0.6 is 35.1 Å². The van der Waals surface area contributed by atoms with E-state index in [0.717, 1.165) is 12.2 Å². The first kappa shape index (κ1) is 18.3. The van der Waals surface area contributed by atoms with Crippen LogP contribution in [0, 0.1) is 11.3 Å². The summed E-state index contributed by atoms with van der Waals surface area (Å²) in [5.74, 6) is 0.951. The van der Waals surface area contributed by atoms with Crippen molar-refractivity contribution in [1.82, 2.24) is 4.90 Å². The molecule has 23 heavy (non-hydrogen) atoms. The highest BCUT2D eigenvalue weighted by Crippen LogP contribution is 2.45. The molecule has 1 aromatic carbocycles. The van der Waals surface area contributed by atoms with E-state index in [4.69, 9.17) is 11.6 Å². The summed E-state index contributed by atoms with van der Waals surface area (Å²) in [7, 11) is 0. The maximum Gasteiger partial charge on any atom is 0.323 e. The van der Waals surface area contributed by atoms with Crippen LogP contribution in [0.1, 0.15) is 20.3 Å². The van der Waals surface area contributed by atoms with Crippen LogP contribution in [0.4, 0.5) is 10.5 Å². The third kappa shape index (κ3) is 4.28. The van der Waals surface area contributed by atoms with Gasteiger partial charge in [-0.15, -0.1) is 11.8 Å². The zero-order chi connectivity index (χ0) is 17.0. The fourth-order valence-electron chi connectivity index (χ4n) is 2.61. The topological polar surface area (TPSA) is 56.1 Å². The largest absolute Gasteiger partial charge is 0.323 e. The van der Waals surface area contributed by atoms with E-state index < -0.39 is 6.04 Å².